The molecule has 3 nitrogen and oxygen atoms in total. The van der Waals surface area contributed by atoms with E-state index in [1.807, 2.05) is 6.07 Å². The van der Waals surface area contributed by atoms with Crippen LogP contribution >= 0.6 is 0 Å². The molecule has 0 aliphatic rings. The topological polar surface area (TPSA) is 50.9 Å². The van der Waals surface area contributed by atoms with Gasteiger partial charge >= 0.3 is 0 Å². The molecule has 0 bridgehead atoms. The molecule has 0 amide bonds. The molecule has 3 N–H and O–H groups in total. The first-order valence-corrected chi connectivity index (χ1v) is 6.88. The highest BCUT2D eigenvalue weighted by molar-refractivity contribution is 5.45. The lowest BCUT2D eigenvalue weighted by Gasteiger charge is -2.20. The maximum absolute atomic E-state index is 13.4. The third-order valence-electron chi connectivity index (χ3n) is 3.26. The molecule has 0 saturated heterocycles. The largest absolute Gasteiger partial charge is 0.398 e. The van der Waals surface area contributed by atoms with E-state index < -0.39 is 0 Å². The number of nitrogens with zero attached hydrogens (tertiary/aromatic N) is 1. The maximum Gasteiger partial charge on any atom is 0.123 e. The lowest BCUT2D eigenvalue weighted by molar-refractivity contribution is 0.524. The van der Waals surface area contributed by atoms with E-state index in [1.54, 1.807) is 30.6 Å². The molecule has 1 aromatic heterocycles. The van der Waals surface area contributed by atoms with Gasteiger partial charge in [-0.2, -0.15) is 0 Å². The van der Waals surface area contributed by atoms with Crippen molar-refractivity contribution in [1.29, 1.82) is 0 Å². The number of hydrogen-bond acceptors (Lipinski definition) is 3. The molecular weight excluding hydrogens is 253 g/mol. The van der Waals surface area contributed by atoms with Gasteiger partial charge in [0.25, 0.3) is 0 Å². The smallest absolute Gasteiger partial charge is 0.123 e. The quantitative estimate of drug-likeness (QED) is 0.850. The van der Waals surface area contributed by atoms with Crippen LogP contribution in [0.2, 0.25) is 0 Å². The molecule has 0 spiro atoms. The minimum absolute atomic E-state index is 0.0390. The van der Waals surface area contributed by atoms with Gasteiger partial charge in [-0.3, -0.25) is 4.98 Å². The minimum Gasteiger partial charge on any atom is -0.398 e. The van der Waals surface area contributed by atoms with E-state index >= 15 is 0 Å². The molecule has 1 aromatic carbocycles. The number of halogens is 1. The monoisotopic (exact) mass is 273 g/mol. The summed E-state index contributed by atoms with van der Waals surface area (Å²) in [5.41, 5.74) is 8.59. The first kappa shape index (κ1) is 14.5. The second kappa shape index (κ2) is 7.01. The van der Waals surface area contributed by atoms with Crippen LogP contribution in [0.3, 0.4) is 0 Å². The van der Waals surface area contributed by atoms with Crippen LogP contribution in [-0.4, -0.2) is 11.5 Å². The number of nitrogens with two attached hydrogens (primary N) is 1. The average Bonchev–Trinajstić information content (AvgIpc) is 2.45. The highest BCUT2D eigenvalue weighted by Gasteiger charge is 2.13. The summed E-state index contributed by atoms with van der Waals surface area (Å²) in [6.45, 7) is 2.98. The Morgan fingerprint density at radius 3 is 2.90 bits per heavy atom. The third-order valence-corrected chi connectivity index (χ3v) is 3.26. The predicted molar refractivity (Wildman–Crippen MR) is 79.8 cm³/mol. The molecule has 0 saturated carbocycles. The van der Waals surface area contributed by atoms with Crippen molar-refractivity contribution in [3.05, 3.63) is 59.7 Å². The second-order valence-electron chi connectivity index (χ2n) is 4.84. The van der Waals surface area contributed by atoms with Gasteiger partial charge in [-0.15, -0.1) is 0 Å². The number of aromatic nitrogens is 1. The van der Waals surface area contributed by atoms with Crippen LogP contribution in [0.1, 0.15) is 30.5 Å². The molecule has 4 heteroatoms. The van der Waals surface area contributed by atoms with Crippen molar-refractivity contribution < 1.29 is 4.39 Å². The third kappa shape index (κ3) is 3.78. The zero-order chi connectivity index (χ0) is 14.4. The van der Waals surface area contributed by atoms with Crippen LogP contribution in [0.4, 0.5) is 10.1 Å². The summed E-state index contributed by atoms with van der Waals surface area (Å²) >= 11 is 0. The summed E-state index contributed by atoms with van der Waals surface area (Å²) in [7, 11) is 0. The summed E-state index contributed by atoms with van der Waals surface area (Å²) < 4.78 is 13.4. The molecule has 1 unspecified atom stereocenters. The Kier molecular flexibility index (Phi) is 5.07. The van der Waals surface area contributed by atoms with E-state index in [0.717, 1.165) is 29.8 Å². The van der Waals surface area contributed by atoms with E-state index in [1.165, 1.54) is 6.07 Å². The lowest BCUT2D eigenvalue weighted by Crippen LogP contribution is -2.24. The maximum atomic E-state index is 13.4. The van der Waals surface area contributed by atoms with Crippen LogP contribution in [-0.2, 0) is 6.42 Å². The zero-order valence-electron chi connectivity index (χ0n) is 11.6. The Labute approximate surface area is 119 Å². The molecule has 0 aliphatic carbocycles. The van der Waals surface area contributed by atoms with Crippen molar-refractivity contribution in [1.82, 2.24) is 10.3 Å². The van der Waals surface area contributed by atoms with Crippen molar-refractivity contribution in [2.45, 2.75) is 25.8 Å². The fourth-order valence-electron chi connectivity index (χ4n) is 2.18. The number of nitrogens with one attached hydrogen (secondary N) is 1. The van der Waals surface area contributed by atoms with Gasteiger partial charge in [0.2, 0.25) is 0 Å². The average molecular weight is 273 g/mol. The van der Waals surface area contributed by atoms with Crippen LogP contribution < -0.4 is 11.1 Å². The van der Waals surface area contributed by atoms with E-state index in [9.17, 15) is 4.39 Å². The van der Waals surface area contributed by atoms with Crippen molar-refractivity contribution in [3.63, 3.8) is 0 Å². The number of hydrogen-bond donors (Lipinski definition) is 2. The predicted octanol–water partition coefficient (Wildman–Crippen LogP) is 3.09. The van der Waals surface area contributed by atoms with Gasteiger partial charge in [-0.25, -0.2) is 4.39 Å². The van der Waals surface area contributed by atoms with E-state index in [2.05, 4.69) is 17.2 Å². The molecule has 1 heterocycles. The number of pyridine rings is 1. The van der Waals surface area contributed by atoms with Crippen LogP contribution in [0.5, 0.6) is 0 Å². The number of rotatable bonds is 6. The first-order valence-electron chi connectivity index (χ1n) is 6.88. The van der Waals surface area contributed by atoms with Gasteiger partial charge < -0.3 is 11.1 Å². The van der Waals surface area contributed by atoms with Crippen LogP contribution in [0.15, 0.2) is 42.7 Å². The normalized spacial score (nSPS) is 12.3. The molecule has 106 valence electrons. The fraction of sp³-hybridized carbons (Fsp3) is 0.312. The molecule has 0 fully saturated rings. The Bertz CT molecular complexity index is 557. The lowest BCUT2D eigenvalue weighted by atomic mass is 9.98. The summed E-state index contributed by atoms with van der Waals surface area (Å²) in [6, 6.07) is 8.52. The van der Waals surface area contributed by atoms with Gasteiger partial charge in [0.05, 0.1) is 0 Å². The van der Waals surface area contributed by atoms with Gasteiger partial charge in [0.1, 0.15) is 5.82 Å². The van der Waals surface area contributed by atoms with E-state index in [0.29, 0.717) is 6.42 Å². The summed E-state index contributed by atoms with van der Waals surface area (Å²) in [4.78, 5) is 4.11. The Balaban J connectivity index is 2.21. The molecule has 0 aliphatic heterocycles. The van der Waals surface area contributed by atoms with Crippen molar-refractivity contribution in [2.24, 2.45) is 0 Å². The van der Waals surface area contributed by atoms with Crippen LogP contribution in [0.25, 0.3) is 0 Å². The van der Waals surface area contributed by atoms with E-state index in [4.69, 9.17) is 5.73 Å². The zero-order valence-corrected chi connectivity index (χ0v) is 11.6. The number of benzene rings is 1. The Hall–Kier alpha value is -1.94. The minimum atomic E-state index is -0.218. The molecule has 1 atom stereocenters. The fourth-order valence-corrected chi connectivity index (χ4v) is 2.18. The number of nitrogen functional groups attached to an aromatic ring is 1. The Morgan fingerprint density at radius 2 is 2.20 bits per heavy atom. The van der Waals surface area contributed by atoms with Gasteiger partial charge in [0.15, 0.2) is 0 Å². The Morgan fingerprint density at radius 1 is 1.35 bits per heavy atom. The van der Waals surface area contributed by atoms with Gasteiger partial charge in [-0.05, 0) is 48.7 Å². The SMILES string of the molecule is CCCNC(Cc1cnccc1N)c1cccc(F)c1. The van der Waals surface area contributed by atoms with Gasteiger partial charge in [-0.1, -0.05) is 19.1 Å². The summed E-state index contributed by atoms with van der Waals surface area (Å²) in [5, 5.41) is 3.44. The molecular formula is C16H20FN3. The van der Waals surface area contributed by atoms with Crippen molar-refractivity contribution in [2.75, 3.05) is 12.3 Å². The first-order chi connectivity index (χ1) is 9.70. The van der Waals surface area contributed by atoms with Gasteiger partial charge in [0, 0.05) is 24.1 Å². The highest BCUT2D eigenvalue weighted by Crippen LogP contribution is 2.22. The number of anilines is 1. The highest BCUT2D eigenvalue weighted by atomic mass is 19.1. The summed E-state index contributed by atoms with van der Waals surface area (Å²) in [6.07, 6.45) is 5.17. The van der Waals surface area contributed by atoms with Crippen molar-refractivity contribution in [3.8, 4) is 0 Å². The molecule has 0 radical (unpaired) electrons. The second-order valence-corrected chi connectivity index (χ2v) is 4.84. The molecule has 2 rings (SSSR count). The van der Waals surface area contributed by atoms with Crippen LogP contribution in [0, 0.1) is 5.82 Å². The summed E-state index contributed by atoms with van der Waals surface area (Å²) in [5.74, 6) is -0.218. The van der Waals surface area contributed by atoms with Crippen molar-refractivity contribution >= 4 is 5.69 Å². The standard InChI is InChI=1S/C16H20FN3/c1-2-7-20-16(12-4-3-5-14(17)9-12)10-13-11-19-8-6-15(13)18/h3-6,8-9,11,16,20H,2,7,10H2,1H3,(H2,18,19). The van der Waals surface area contributed by atoms with E-state index in [-0.39, 0.29) is 11.9 Å². The molecule has 20 heavy (non-hydrogen) atoms. The molecule has 2 aromatic rings.